The lowest BCUT2D eigenvalue weighted by atomic mass is 10.2. The highest BCUT2D eigenvalue weighted by molar-refractivity contribution is 7.19. The Balaban J connectivity index is 2.06. The van der Waals surface area contributed by atoms with E-state index in [9.17, 15) is 0 Å². The zero-order valence-electron chi connectivity index (χ0n) is 11.6. The highest BCUT2D eigenvalue weighted by atomic mass is 32.1. The lowest BCUT2D eigenvalue weighted by Gasteiger charge is -1.90. The summed E-state index contributed by atoms with van der Waals surface area (Å²) in [5, 5.41) is 1.84. The summed E-state index contributed by atoms with van der Waals surface area (Å²) < 4.78 is 0. The molecule has 0 bridgehead atoms. The molecule has 0 aliphatic rings. The molecule has 2 nitrogen and oxygen atoms in total. The third-order valence-electron chi connectivity index (χ3n) is 2.60. The van der Waals surface area contributed by atoms with Gasteiger partial charge in [0, 0.05) is 12.4 Å². The zero-order valence-corrected chi connectivity index (χ0v) is 12.5. The van der Waals surface area contributed by atoms with Crippen LogP contribution in [0.2, 0.25) is 0 Å². The first-order valence-electron chi connectivity index (χ1n) is 6.50. The monoisotopic (exact) mass is 292 g/mol. The van der Waals surface area contributed by atoms with E-state index in [1.807, 2.05) is 54.8 Å². The molecule has 1 aromatic carbocycles. The number of aliphatic imine (C=N–C) groups is 2. The number of benzene rings is 1. The van der Waals surface area contributed by atoms with Gasteiger partial charge in [0.05, 0.1) is 0 Å². The van der Waals surface area contributed by atoms with Gasteiger partial charge in [0.15, 0.2) is 0 Å². The fraction of sp³-hybridized carbons (Fsp3) is 0. The van der Waals surface area contributed by atoms with E-state index in [2.05, 4.69) is 23.1 Å². The Morgan fingerprint density at radius 1 is 0.952 bits per heavy atom. The van der Waals surface area contributed by atoms with Crippen LogP contribution in [0.3, 0.4) is 0 Å². The lowest BCUT2D eigenvalue weighted by Crippen LogP contribution is -1.76. The van der Waals surface area contributed by atoms with Crippen molar-refractivity contribution in [1.29, 1.82) is 0 Å². The third-order valence-corrected chi connectivity index (χ3v) is 3.51. The molecule has 0 saturated carbocycles. The number of thiophene rings is 1. The second-order valence-corrected chi connectivity index (χ2v) is 5.19. The van der Waals surface area contributed by atoms with Crippen LogP contribution in [-0.2, 0) is 0 Å². The molecule has 1 heterocycles. The molecule has 0 N–H and O–H groups in total. The number of allylic oxidation sites excluding steroid dienone is 4. The van der Waals surface area contributed by atoms with Crippen LogP contribution < -0.4 is 0 Å². The van der Waals surface area contributed by atoms with Crippen LogP contribution >= 0.6 is 11.3 Å². The summed E-state index contributed by atoms with van der Waals surface area (Å²) in [6.45, 7) is 7.39. The van der Waals surface area contributed by atoms with E-state index in [-0.39, 0.29) is 0 Å². The molecule has 0 aliphatic carbocycles. The summed E-state index contributed by atoms with van der Waals surface area (Å²) in [7, 11) is 0. The maximum absolute atomic E-state index is 4.45. The van der Waals surface area contributed by atoms with E-state index in [0.29, 0.717) is 0 Å². The number of nitrogens with zero attached hydrogens (tertiary/aromatic N) is 2. The van der Waals surface area contributed by atoms with Crippen molar-refractivity contribution < 1.29 is 0 Å². The van der Waals surface area contributed by atoms with Gasteiger partial charge >= 0.3 is 0 Å². The first kappa shape index (κ1) is 14.9. The van der Waals surface area contributed by atoms with Gasteiger partial charge < -0.3 is 0 Å². The first-order valence-corrected chi connectivity index (χ1v) is 7.31. The van der Waals surface area contributed by atoms with E-state index in [0.717, 1.165) is 21.1 Å². The molecular weight excluding hydrogens is 276 g/mol. The first-order chi connectivity index (χ1) is 10.3. The average molecular weight is 292 g/mol. The van der Waals surface area contributed by atoms with E-state index in [4.69, 9.17) is 0 Å². The van der Waals surface area contributed by atoms with E-state index in [1.165, 1.54) is 11.3 Å². The lowest BCUT2D eigenvalue weighted by molar-refractivity contribution is 1.61. The molecule has 0 radical (unpaired) electrons. The van der Waals surface area contributed by atoms with Crippen molar-refractivity contribution in [2.45, 2.75) is 0 Å². The van der Waals surface area contributed by atoms with Gasteiger partial charge in [-0.05, 0) is 23.3 Å². The Labute approximate surface area is 129 Å². The fourth-order valence-electron chi connectivity index (χ4n) is 1.57. The zero-order chi connectivity index (χ0) is 14.9. The van der Waals surface area contributed by atoms with Gasteiger partial charge in [-0.2, -0.15) is 0 Å². The molecular formula is C18H16N2S. The Bertz CT molecular complexity index is 691. The van der Waals surface area contributed by atoms with Crippen LogP contribution in [-0.4, -0.2) is 12.4 Å². The summed E-state index contributed by atoms with van der Waals surface area (Å²) in [5.74, 6) is 0. The highest BCUT2D eigenvalue weighted by Gasteiger charge is 1.96. The van der Waals surface area contributed by atoms with Crippen molar-refractivity contribution in [2.24, 2.45) is 9.98 Å². The Morgan fingerprint density at radius 2 is 1.67 bits per heavy atom. The molecule has 0 unspecified atom stereocenters. The van der Waals surface area contributed by atoms with Crippen molar-refractivity contribution >= 4 is 33.8 Å². The predicted molar refractivity (Wildman–Crippen MR) is 94.6 cm³/mol. The van der Waals surface area contributed by atoms with Gasteiger partial charge in [-0.3, -0.25) is 0 Å². The molecule has 0 saturated heterocycles. The van der Waals surface area contributed by atoms with Crippen molar-refractivity contribution in [1.82, 2.24) is 0 Å². The Hall–Kier alpha value is -2.52. The molecule has 0 fully saturated rings. The number of hydrogen-bond acceptors (Lipinski definition) is 3. The number of rotatable bonds is 6. The summed E-state index contributed by atoms with van der Waals surface area (Å²) >= 11 is 1.54. The molecule has 0 spiro atoms. The van der Waals surface area contributed by atoms with E-state index >= 15 is 0 Å². The van der Waals surface area contributed by atoms with Crippen molar-refractivity contribution in [3.8, 4) is 0 Å². The minimum Gasteiger partial charge on any atom is -0.245 e. The number of hydrogen-bond donors (Lipinski definition) is 0. The summed E-state index contributed by atoms with van der Waals surface area (Å²) in [4.78, 5) is 8.85. The predicted octanol–water partition coefficient (Wildman–Crippen LogP) is 5.50. The topological polar surface area (TPSA) is 24.7 Å². The van der Waals surface area contributed by atoms with Gasteiger partial charge in [-0.15, -0.1) is 0 Å². The molecule has 1 aromatic heterocycles. The quantitative estimate of drug-likeness (QED) is 0.496. The van der Waals surface area contributed by atoms with Crippen LogP contribution in [0.25, 0.3) is 0 Å². The van der Waals surface area contributed by atoms with Crippen molar-refractivity contribution in [3.63, 3.8) is 0 Å². The smallest absolute Gasteiger partial charge is 0.118 e. The summed E-state index contributed by atoms with van der Waals surface area (Å²) in [5.41, 5.74) is 2.01. The van der Waals surface area contributed by atoms with Gasteiger partial charge in [0.1, 0.15) is 10.0 Å². The van der Waals surface area contributed by atoms with Gasteiger partial charge in [0.25, 0.3) is 0 Å². The minimum absolute atomic E-state index is 0.909. The second kappa shape index (κ2) is 7.92. The van der Waals surface area contributed by atoms with Crippen molar-refractivity contribution in [3.05, 3.63) is 85.0 Å². The van der Waals surface area contributed by atoms with Gasteiger partial charge in [0.2, 0.25) is 0 Å². The van der Waals surface area contributed by atoms with E-state index in [1.54, 1.807) is 18.4 Å². The van der Waals surface area contributed by atoms with Gasteiger partial charge in [-0.1, -0.05) is 73.1 Å². The highest BCUT2D eigenvalue weighted by Crippen LogP contribution is 2.31. The van der Waals surface area contributed by atoms with Crippen LogP contribution in [0, 0.1) is 0 Å². The molecule has 0 amide bonds. The average Bonchev–Trinajstić information content (AvgIpc) is 2.98. The van der Waals surface area contributed by atoms with Crippen LogP contribution in [0.1, 0.15) is 5.56 Å². The third kappa shape index (κ3) is 4.82. The molecule has 2 aromatic rings. The Kier molecular flexibility index (Phi) is 5.61. The fourth-order valence-corrected chi connectivity index (χ4v) is 2.27. The molecule has 0 atom stereocenters. The van der Waals surface area contributed by atoms with E-state index < -0.39 is 0 Å². The second-order valence-electron chi connectivity index (χ2n) is 4.15. The molecule has 3 heteroatoms. The molecule has 0 aliphatic heterocycles. The van der Waals surface area contributed by atoms with Gasteiger partial charge in [-0.25, -0.2) is 9.98 Å². The minimum atomic E-state index is 0.909. The normalized spacial score (nSPS) is 12.1. The van der Waals surface area contributed by atoms with Crippen molar-refractivity contribution in [2.75, 3.05) is 0 Å². The summed E-state index contributed by atoms with van der Waals surface area (Å²) in [6.07, 6.45) is 8.94. The molecule has 21 heavy (non-hydrogen) atoms. The Morgan fingerprint density at radius 3 is 2.33 bits per heavy atom. The van der Waals surface area contributed by atoms with Crippen LogP contribution in [0.5, 0.6) is 0 Å². The summed E-state index contributed by atoms with van der Waals surface area (Å²) in [6, 6.07) is 13.9. The maximum atomic E-state index is 4.45. The SMILES string of the molecule is C=C/C=C(C=C)/C=N/c1ccc(/N=C/c2ccccc2)s1. The standard InChI is InChI=1S/C18H16N2S/c1-3-8-15(4-2)13-19-17-11-12-18(21-17)20-14-16-9-6-5-7-10-16/h3-14H,1-2H2/b15-8+,19-13+,20-14+. The molecule has 2 rings (SSSR count). The largest absolute Gasteiger partial charge is 0.245 e. The van der Waals surface area contributed by atoms with Crippen LogP contribution in [0.4, 0.5) is 10.0 Å². The molecule has 104 valence electrons. The van der Waals surface area contributed by atoms with Crippen LogP contribution in [0.15, 0.2) is 89.4 Å². The maximum Gasteiger partial charge on any atom is 0.118 e.